The molecule has 2 aromatic carbocycles. The molecule has 0 atom stereocenters. The summed E-state index contributed by atoms with van der Waals surface area (Å²) in [6.07, 6.45) is -7.31. The van der Waals surface area contributed by atoms with E-state index < -0.39 is 23.5 Å². The number of hydrogen-bond acceptors (Lipinski definition) is 1. The van der Waals surface area contributed by atoms with Crippen molar-refractivity contribution in [3.05, 3.63) is 77.5 Å². The largest absolute Gasteiger partial charge is 0.416 e. The smallest absolute Gasteiger partial charge is 0.256 e. The number of aromatic nitrogens is 1. The highest BCUT2D eigenvalue weighted by Crippen LogP contribution is 2.33. The molecule has 0 saturated heterocycles. The molecule has 1 aromatic heterocycles. The molecule has 0 unspecified atom stereocenters. The van der Waals surface area contributed by atoms with E-state index in [1.165, 1.54) is 30.5 Å². The fraction of sp³-hybridized carbons (Fsp3) is 0.150. The van der Waals surface area contributed by atoms with Crippen LogP contribution in [0.1, 0.15) is 16.7 Å². The van der Waals surface area contributed by atoms with Crippen LogP contribution in [-0.4, -0.2) is 4.98 Å². The molecular formula is C20H13F6N. The highest BCUT2D eigenvalue weighted by molar-refractivity contribution is 5.70. The summed E-state index contributed by atoms with van der Waals surface area (Å²) >= 11 is 0. The van der Waals surface area contributed by atoms with Gasteiger partial charge in [-0.15, -0.1) is 0 Å². The average Bonchev–Trinajstić information content (AvgIpc) is 2.60. The lowest BCUT2D eigenvalue weighted by molar-refractivity contribution is -0.138. The van der Waals surface area contributed by atoms with Crippen LogP contribution in [0.25, 0.3) is 22.4 Å². The molecule has 0 fully saturated rings. The zero-order valence-electron chi connectivity index (χ0n) is 14.0. The molecule has 0 aliphatic rings. The Bertz CT molecular complexity index is 938. The highest BCUT2D eigenvalue weighted by Gasteiger charge is 2.30. The first-order chi connectivity index (χ1) is 12.6. The second kappa shape index (κ2) is 6.72. The molecule has 0 amide bonds. The standard InChI is InChI=1S/C20H13F6N/c1-12-10-18(14-4-8-16(9-5-14)20(24,25)26)27-11-17(12)13-2-6-15(7-3-13)19(21,22)23/h2-11H,1H3. The molecule has 0 radical (unpaired) electrons. The summed E-state index contributed by atoms with van der Waals surface area (Å²) in [7, 11) is 0. The Morgan fingerprint density at radius 3 is 1.52 bits per heavy atom. The fourth-order valence-electron chi connectivity index (χ4n) is 2.68. The Morgan fingerprint density at radius 2 is 1.11 bits per heavy atom. The summed E-state index contributed by atoms with van der Waals surface area (Å²) in [5, 5.41) is 0. The number of aryl methyl sites for hydroxylation is 1. The van der Waals surface area contributed by atoms with Crippen LogP contribution in [0.5, 0.6) is 0 Å². The third kappa shape index (κ3) is 4.13. The predicted octanol–water partition coefficient (Wildman–Crippen LogP) is 6.76. The number of alkyl halides is 6. The SMILES string of the molecule is Cc1cc(-c2ccc(C(F)(F)F)cc2)ncc1-c1ccc(C(F)(F)F)cc1. The Morgan fingerprint density at radius 1 is 0.667 bits per heavy atom. The molecule has 1 nitrogen and oxygen atoms in total. The summed E-state index contributed by atoms with van der Waals surface area (Å²) < 4.78 is 75.9. The molecule has 27 heavy (non-hydrogen) atoms. The van der Waals surface area contributed by atoms with Gasteiger partial charge in [0.05, 0.1) is 16.8 Å². The molecule has 1 heterocycles. The highest BCUT2D eigenvalue weighted by atomic mass is 19.4. The zero-order valence-corrected chi connectivity index (χ0v) is 14.0. The molecule has 0 saturated carbocycles. The van der Waals surface area contributed by atoms with Crippen molar-refractivity contribution in [1.82, 2.24) is 4.98 Å². The van der Waals surface area contributed by atoms with Crippen molar-refractivity contribution in [3.8, 4) is 22.4 Å². The van der Waals surface area contributed by atoms with E-state index >= 15 is 0 Å². The molecule has 0 bridgehead atoms. The number of hydrogen-bond donors (Lipinski definition) is 0. The van der Waals surface area contributed by atoms with Gasteiger partial charge in [-0.3, -0.25) is 4.98 Å². The fourth-order valence-corrected chi connectivity index (χ4v) is 2.68. The number of benzene rings is 2. The van der Waals surface area contributed by atoms with Gasteiger partial charge in [0.15, 0.2) is 0 Å². The Balaban J connectivity index is 1.90. The van der Waals surface area contributed by atoms with E-state index in [4.69, 9.17) is 0 Å². The maximum Gasteiger partial charge on any atom is 0.416 e. The molecule has 0 N–H and O–H groups in total. The number of rotatable bonds is 2. The molecule has 3 aromatic rings. The van der Waals surface area contributed by atoms with Crippen LogP contribution in [0.2, 0.25) is 0 Å². The van der Waals surface area contributed by atoms with Crippen molar-refractivity contribution in [1.29, 1.82) is 0 Å². The van der Waals surface area contributed by atoms with Gasteiger partial charge in [0, 0.05) is 17.3 Å². The van der Waals surface area contributed by atoms with Gasteiger partial charge in [-0.2, -0.15) is 26.3 Å². The minimum absolute atomic E-state index is 0.483. The quantitative estimate of drug-likeness (QED) is 0.447. The van der Waals surface area contributed by atoms with Crippen LogP contribution in [0.4, 0.5) is 26.3 Å². The van der Waals surface area contributed by atoms with E-state index in [0.29, 0.717) is 22.4 Å². The maximum atomic E-state index is 12.7. The first kappa shape index (κ1) is 18.9. The van der Waals surface area contributed by atoms with Gasteiger partial charge in [-0.1, -0.05) is 24.3 Å². The summed E-state index contributed by atoms with van der Waals surface area (Å²) in [4.78, 5) is 4.25. The van der Waals surface area contributed by atoms with Gasteiger partial charge in [0.2, 0.25) is 0 Å². The normalized spacial score (nSPS) is 12.3. The van der Waals surface area contributed by atoms with Gasteiger partial charge in [0.25, 0.3) is 0 Å². The molecule has 7 heteroatoms. The van der Waals surface area contributed by atoms with Gasteiger partial charge in [-0.05, 0) is 48.4 Å². The van der Waals surface area contributed by atoms with Crippen LogP contribution in [0.15, 0.2) is 60.8 Å². The van der Waals surface area contributed by atoms with Crippen molar-refractivity contribution < 1.29 is 26.3 Å². The van der Waals surface area contributed by atoms with Crippen molar-refractivity contribution in [2.24, 2.45) is 0 Å². The number of nitrogens with zero attached hydrogens (tertiary/aromatic N) is 1. The van der Waals surface area contributed by atoms with Crippen LogP contribution >= 0.6 is 0 Å². The lowest BCUT2D eigenvalue weighted by Gasteiger charge is -2.11. The van der Waals surface area contributed by atoms with Gasteiger partial charge >= 0.3 is 12.4 Å². The van der Waals surface area contributed by atoms with Crippen LogP contribution in [0, 0.1) is 6.92 Å². The summed E-state index contributed by atoms with van der Waals surface area (Å²) in [6, 6.07) is 11.1. The van der Waals surface area contributed by atoms with Crippen molar-refractivity contribution in [2.45, 2.75) is 19.3 Å². The summed E-state index contributed by atoms with van der Waals surface area (Å²) in [5.41, 5.74) is 1.50. The molecule has 140 valence electrons. The van der Waals surface area contributed by atoms with E-state index in [-0.39, 0.29) is 0 Å². The van der Waals surface area contributed by atoms with Gasteiger partial charge in [-0.25, -0.2) is 0 Å². The second-order valence-electron chi connectivity index (χ2n) is 6.03. The zero-order chi connectivity index (χ0) is 19.8. The van der Waals surface area contributed by atoms with Gasteiger partial charge in [0.1, 0.15) is 0 Å². The first-order valence-corrected chi connectivity index (χ1v) is 7.87. The van der Waals surface area contributed by atoms with Gasteiger partial charge < -0.3 is 0 Å². The number of halogens is 6. The predicted molar refractivity (Wildman–Crippen MR) is 89.9 cm³/mol. The third-order valence-corrected chi connectivity index (χ3v) is 4.14. The lowest BCUT2D eigenvalue weighted by Crippen LogP contribution is -2.04. The van der Waals surface area contributed by atoms with E-state index in [1.54, 1.807) is 13.0 Å². The molecule has 3 rings (SSSR count). The van der Waals surface area contributed by atoms with Crippen molar-refractivity contribution in [3.63, 3.8) is 0 Å². The van der Waals surface area contributed by atoms with Crippen LogP contribution < -0.4 is 0 Å². The third-order valence-electron chi connectivity index (χ3n) is 4.14. The minimum Gasteiger partial charge on any atom is -0.256 e. The summed E-state index contributed by atoms with van der Waals surface area (Å²) in [5.74, 6) is 0. The first-order valence-electron chi connectivity index (χ1n) is 7.87. The second-order valence-corrected chi connectivity index (χ2v) is 6.03. The molecule has 0 aliphatic heterocycles. The number of pyridine rings is 1. The molecule has 0 spiro atoms. The Labute approximate surface area is 151 Å². The molecular weight excluding hydrogens is 368 g/mol. The van der Waals surface area contributed by atoms with E-state index in [1.807, 2.05) is 0 Å². The average molecular weight is 381 g/mol. The van der Waals surface area contributed by atoms with E-state index in [0.717, 1.165) is 29.8 Å². The minimum atomic E-state index is -4.41. The summed E-state index contributed by atoms with van der Waals surface area (Å²) in [6.45, 7) is 1.77. The molecule has 0 aliphatic carbocycles. The van der Waals surface area contributed by atoms with Crippen LogP contribution in [-0.2, 0) is 12.4 Å². The maximum absolute atomic E-state index is 12.7. The Kier molecular flexibility index (Phi) is 4.71. The Hall–Kier alpha value is -2.83. The van der Waals surface area contributed by atoms with E-state index in [2.05, 4.69) is 4.98 Å². The monoisotopic (exact) mass is 381 g/mol. The topological polar surface area (TPSA) is 12.9 Å². The lowest BCUT2D eigenvalue weighted by atomic mass is 9.99. The van der Waals surface area contributed by atoms with Crippen LogP contribution in [0.3, 0.4) is 0 Å². The van der Waals surface area contributed by atoms with Crippen molar-refractivity contribution >= 4 is 0 Å². The van der Waals surface area contributed by atoms with Crippen molar-refractivity contribution in [2.75, 3.05) is 0 Å². The van der Waals surface area contributed by atoms with E-state index in [9.17, 15) is 26.3 Å².